The molecule has 1 saturated heterocycles. The van der Waals surface area contributed by atoms with Gasteiger partial charge < -0.3 is 14.6 Å². The molecule has 1 aliphatic rings. The van der Waals surface area contributed by atoms with Gasteiger partial charge in [0.05, 0.1) is 12.2 Å². The highest BCUT2D eigenvalue weighted by Gasteiger charge is 2.31. The zero-order valence-corrected chi connectivity index (χ0v) is 6.46. The summed E-state index contributed by atoms with van der Waals surface area (Å²) in [5.74, 6) is 0. The summed E-state index contributed by atoms with van der Waals surface area (Å²) in [7, 11) is 1.66. The van der Waals surface area contributed by atoms with E-state index in [4.69, 9.17) is 14.6 Å². The number of rotatable bonds is 1. The molecule has 0 aromatic carbocycles. The second-order valence-electron chi connectivity index (χ2n) is 2.93. The van der Waals surface area contributed by atoms with E-state index in [2.05, 4.69) is 0 Å². The van der Waals surface area contributed by atoms with Crippen LogP contribution in [0.15, 0.2) is 0 Å². The minimum Gasteiger partial charge on any atom is -0.378 e. The van der Waals surface area contributed by atoms with Crippen molar-refractivity contribution in [2.75, 3.05) is 13.7 Å². The molecule has 10 heavy (non-hydrogen) atoms. The van der Waals surface area contributed by atoms with E-state index in [-0.39, 0.29) is 5.60 Å². The van der Waals surface area contributed by atoms with Gasteiger partial charge in [0.2, 0.25) is 0 Å². The summed E-state index contributed by atoms with van der Waals surface area (Å²) in [4.78, 5) is 0. The minimum atomic E-state index is -0.640. The van der Waals surface area contributed by atoms with Crippen LogP contribution in [-0.2, 0) is 9.47 Å². The van der Waals surface area contributed by atoms with Crippen LogP contribution in [0.3, 0.4) is 0 Å². The third kappa shape index (κ3) is 1.68. The van der Waals surface area contributed by atoms with Crippen molar-refractivity contribution in [1.82, 2.24) is 0 Å². The van der Waals surface area contributed by atoms with Gasteiger partial charge in [0.1, 0.15) is 0 Å². The summed E-state index contributed by atoms with van der Waals surface area (Å²) in [5.41, 5.74) is -0.183. The first-order valence-corrected chi connectivity index (χ1v) is 3.51. The molecule has 2 atom stereocenters. The van der Waals surface area contributed by atoms with Gasteiger partial charge in [0, 0.05) is 13.5 Å². The molecule has 0 saturated carbocycles. The fourth-order valence-corrected chi connectivity index (χ4v) is 1.13. The third-order valence-electron chi connectivity index (χ3n) is 2.04. The molecule has 0 aliphatic carbocycles. The number of hydrogen-bond acceptors (Lipinski definition) is 3. The lowest BCUT2D eigenvalue weighted by atomic mass is 9.96. The monoisotopic (exact) mass is 146 g/mol. The van der Waals surface area contributed by atoms with Crippen molar-refractivity contribution in [3.63, 3.8) is 0 Å². The van der Waals surface area contributed by atoms with Gasteiger partial charge in [-0.1, -0.05) is 0 Å². The Labute approximate surface area is 60.9 Å². The summed E-state index contributed by atoms with van der Waals surface area (Å²) in [6.45, 7) is 2.57. The summed E-state index contributed by atoms with van der Waals surface area (Å²) < 4.78 is 10.2. The smallest absolute Gasteiger partial charge is 0.157 e. The molecular weight excluding hydrogens is 132 g/mol. The van der Waals surface area contributed by atoms with E-state index >= 15 is 0 Å². The van der Waals surface area contributed by atoms with Gasteiger partial charge in [0.15, 0.2) is 6.29 Å². The van der Waals surface area contributed by atoms with Crippen molar-refractivity contribution < 1.29 is 14.6 Å². The first kappa shape index (κ1) is 7.98. The van der Waals surface area contributed by atoms with Crippen LogP contribution in [0.25, 0.3) is 0 Å². The van der Waals surface area contributed by atoms with Crippen molar-refractivity contribution in [2.24, 2.45) is 0 Å². The predicted molar refractivity (Wildman–Crippen MR) is 36.6 cm³/mol. The maximum atomic E-state index is 9.07. The van der Waals surface area contributed by atoms with Crippen LogP contribution in [0.1, 0.15) is 19.8 Å². The maximum Gasteiger partial charge on any atom is 0.157 e. The Hall–Kier alpha value is -0.120. The number of methoxy groups -OCH3 is 1. The van der Waals surface area contributed by atoms with E-state index < -0.39 is 6.29 Å². The van der Waals surface area contributed by atoms with Crippen LogP contribution in [0.2, 0.25) is 0 Å². The summed E-state index contributed by atoms with van der Waals surface area (Å²) >= 11 is 0. The lowest BCUT2D eigenvalue weighted by Crippen LogP contribution is -2.39. The molecule has 60 valence electrons. The average molecular weight is 146 g/mol. The molecule has 1 rings (SSSR count). The van der Waals surface area contributed by atoms with Crippen molar-refractivity contribution in [1.29, 1.82) is 0 Å². The molecule has 0 spiro atoms. The fraction of sp³-hybridized carbons (Fsp3) is 1.00. The normalized spacial score (nSPS) is 41.7. The van der Waals surface area contributed by atoms with E-state index in [9.17, 15) is 0 Å². The fourth-order valence-electron chi connectivity index (χ4n) is 1.13. The quantitative estimate of drug-likeness (QED) is 0.586. The second-order valence-corrected chi connectivity index (χ2v) is 2.93. The molecule has 3 heteroatoms. The first-order valence-electron chi connectivity index (χ1n) is 3.51. The Morgan fingerprint density at radius 2 is 2.40 bits per heavy atom. The zero-order chi connectivity index (χ0) is 7.61. The first-order chi connectivity index (χ1) is 4.66. The highest BCUT2D eigenvalue weighted by molar-refractivity contribution is 4.78. The molecule has 1 fully saturated rings. The number of hydrogen-bond donors (Lipinski definition) is 1. The molecule has 1 heterocycles. The Balaban J connectivity index is 2.45. The van der Waals surface area contributed by atoms with E-state index in [1.54, 1.807) is 7.11 Å². The Morgan fingerprint density at radius 1 is 1.70 bits per heavy atom. The largest absolute Gasteiger partial charge is 0.378 e. The van der Waals surface area contributed by atoms with Crippen LogP contribution >= 0.6 is 0 Å². The lowest BCUT2D eigenvalue weighted by Gasteiger charge is -2.34. The summed E-state index contributed by atoms with van der Waals surface area (Å²) in [6, 6.07) is 0. The van der Waals surface area contributed by atoms with Gasteiger partial charge in [0.25, 0.3) is 0 Å². The van der Waals surface area contributed by atoms with Crippen LogP contribution in [0.4, 0.5) is 0 Å². The van der Waals surface area contributed by atoms with Gasteiger partial charge in [-0.25, -0.2) is 0 Å². The SMILES string of the molecule is CO[C@]1(C)CCO[C@@H](O)C1. The molecule has 0 unspecified atom stereocenters. The highest BCUT2D eigenvalue weighted by Crippen LogP contribution is 2.25. The minimum absolute atomic E-state index is 0.183. The average Bonchev–Trinajstić information content (AvgIpc) is 1.88. The maximum absolute atomic E-state index is 9.07. The van der Waals surface area contributed by atoms with Crippen LogP contribution < -0.4 is 0 Å². The van der Waals surface area contributed by atoms with Crippen molar-refractivity contribution >= 4 is 0 Å². The Kier molecular flexibility index (Phi) is 2.28. The topological polar surface area (TPSA) is 38.7 Å². The standard InChI is InChI=1S/C7H14O3/c1-7(9-2)3-4-10-6(8)5-7/h6,8H,3-5H2,1-2H3/t6-,7-/m1/s1. The van der Waals surface area contributed by atoms with Crippen molar-refractivity contribution in [2.45, 2.75) is 31.7 Å². The molecule has 0 amide bonds. The van der Waals surface area contributed by atoms with Crippen LogP contribution in [-0.4, -0.2) is 30.7 Å². The Morgan fingerprint density at radius 3 is 2.80 bits per heavy atom. The molecule has 1 aliphatic heterocycles. The zero-order valence-electron chi connectivity index (χ0n) is 6.46. The molecule has 0 aromatic heterocycles. The number of aliphatic hydroxyl groups excluding tert-OH is 1. The lowest BCUT2D eigenvalue weighted by molar-refractivity contribution is -0.188. The van der Waals surface area contributed by atoms with Crippen LogP contribution in [0.5, 0.6) is 0 Å². The van der Waals surface area contributed by atoms with E-state index in [0.29, 0.717) is 13.0 Å². The molecule has 0 radical (unpaired) electrons. The molecule has 0 bridgehead atoms. The predicted octanol–water partition coefficient (Wildman–Crippen LogP) is 0.520. The van der Waals surface area contributed by atoms with Crippen molar-refractivity contribution in [3.8, 4) is 0 Å². The second kappa shape index (κ2) is 2.86. The Bertz CT molecular complexity index is 115. The molecule has 1 N–H and O–H groups in total. The molecule has 0 aromatic rings. The van der Waals surface area contributed by atoms with Gasteiger partial charge in [-0.3, -0.25) is 0 Å². The highest BCUT2D eigenvalue weighted by atomic mass is 16.6. The van der Waals surface area contributed by atoms with Gasteiger partial charge in [-0.05, 0) is 13.3 Å². The van der Waals surface area contributed by atoms with E-state index in [1.807, 2.05) is 6.92 Å². The van der Waals surface area contributed by atoms with Crippen LogP contribution in [0, 0.1) is 0 Å². The summed E-state index contributed by atoms with van der Waals surface area (Å²) in [6.07, 6.45) is 0.794. The number of ether oxygens (including phenoxy) is 2. The molecule has 3 nitrogen and oxygen atoms in total. The number of aliphatic hydroxyl groups is 1. The van der Waals surface area contributed by atoms with E-state index in [0.717, 1.165) is 6.42 Å². The van der Waals surface area contributed by atoms with Crippen molar-refractivity contribution in [3.05, 3.63) is 0 Å². The van der Waals surface area contributed by atoms with E-state index in [1.165, 1.54) is 0 Å². The summed E-state index contributed by atoms with van der Waals surface area (Å²) in [5, 5.41) is 9.07. The van der Waals surface area contributed by atoms with Gasteiger partial charge in [-0.15, -0.1) is 0 Å². The molecular formula is C7H14O3. The van der Waals surface area contributed by atoms with Gasteiger partial charge >= 0.3 is 0 Å². The van der Waals surface area contributed by atoms with Gasteiger partial charge in [-0.2, -0.15) is 0 Å². The third-order valence-corrected chi connectivity index (χ3v) is 2.04.